The molecule has 0 unspecified atom stereocenters. The molecule has 0 saturated heterocycles. The average Bonchev–Trinajstić information content (AvgIpc) is 3.18. The number of rotatable bonds is 9. The first-order valence-electron chi connectivity index (χ1n) is 13.0. The van der Waals surface area contributed by atoms with Crippen LogP contribution in [0, 0.1) is 5.82 Å². The van der Waals surface area contributed by atoms with Gasteiger partial charge in [0.2, 0.25) is 10.0 Å². The van der Waals surface area contributed by atoms with Crippen LogP contribution in [0.5, 0.6) is 0 Å². The van der Waals surface area contributed by atoms with E-state index in [9.17, 15) is 13.2 Å². The predicted octanol–water partition coefficient (Wildman–Crippen LogP) is 5.54. The largest absolute Gasteiger partial charge is 0.399 e. The van der Waals surface area contributed by atoms with Gasteiger partial charge in [-0.3, -0.25) is 4.57 Å². The number of benzene rings is 3. The molecule has 8 nitrogen and oxygen atoms in total. The number of halogens is 2. The Hall–Kier alpha value is -3.47. The Morgan fingerprint density at radius 3 is 2.48 bits per heavy atom. The van der Waals surface area contributed by atoms with E-state index in [2.05, 4.69) is 9.82 Å². The molecule has 212 valence electrons. The van der Waals surface area contributed by atoms with Crippen LogP contribution < -0.4 is 16.1 Å². The Kier molecular flexibility index (Phi) is 8.53. The van der Waals surface area contributed by atoms with Gasteiger partial charge in [0, 0.05) is 28.8 Å². The first-order chi connectivity index (χ1) is 18.8. The molecule has 4 aromatic rings. The molecular formula is C29H33ClFN5O3S. The fraction of sp³-hybridized carbons (Fsp3) is 0.310. The van der Waals surface area contributed by atoms with Crippen molar-refractivity contribution in [2.24, 2.45) is 0 Å². The molecule has 0 amide bonds. The van der Waals surface area contributed by atoms with Crippen molar-refractivity contribution in [3.63, 3.8) is 0 Å². The van der Waals surface area contributed by atoms with Gasteiger partial charge in [-0.05, 0) is 63.1 Å². The maximum Gasteiger partial charge on any atom is 0.351 e. The van der Waals surface area contributed by atoms with Gasteiger partial charge in [0.05, 0.1) is 22.2 Å². The second kappa shape index (κ2) is 11.6. The number of unbranched alkanes of at least 4 members (excludes halogenated alkanes) is 1. The van der Waals surface area contributed by atoms with Gasteiger partial charge in [0.1, 0.15) is 11.6 Å². The summed E-state index contributed by atoms with van der Waals surface area (Å²) in [5, 5.41) is 4.82. The van der Waals surface area contributed by atoms with Crippen molar-refractivity contribution in [2.45, 2.75) is 63.9 Å². The van der Waals surface area contributed by atoms with Crippen molar-refractivity contribution in [2.75, 3.05) is 5.73 Å². The number of nitrogen functional groups attached to an aromatic ring is 1. The summed E-state index contributed by atoms with van der Waals surface area (Å²) in [5.41, 5.74) is 6.56. The van der Waals surface area contributed by atoms with Crippen molar-refractivity contribution < 1.29 is 12.8 Å². The van der Waals surface area contributed by atoms with Gasteiger partial charge in [-0.15, -0.1) is 5.10 Å². The van der Waals surface area contributed by atoms with Crippen molar-refractivity contribution in [3.8, 4) is 16.8 Å². The molecule has 0 aliphatic carbocycles. The third-order valence-corrected chi connectivity index (χ3v) is 8.34. The monoisotopic (exact) mass is 585 g/mol. The lowest BCUT2D eigenvalue weighted by molar-refractivity contribution is 0.491. The number of hydrogen-bond acceptors (Lipinski definition) is 5. The number of aryl methyl sites for hydroxylation is 1. The minimum atomic E-state index is -3.87. The summed E-state index contributed by atoms with van der Waals surface area (Å²) in [4.78, 5) is 13.5. The summed E-state index contributed by atoms with van der Waals surface area (Å²) in [6, 6.07) is 15.8. The third kappa shape index (κ3) is 6.46. The zero-order chi connectivity index (χ0) is 29.2. The second-order valence-corrected chi connectivity index (χ2v) is 12.7. The van der Waals surface area contributed by atoms with Crippen molar-refractivity contribution >= 4 is 27.3 Å². The first-order valence-corrected chi connectivity index (χ1v) is 14.8. The first kappa shape index (κ1) is 29.5. The summed E-state index contributed by atoms with van der Waals surface area (Å²) in [7, 11) is -3.87. The Morgan fingerprint density at radius 1 is 1.07 bits per heavy atom. The summed E-state index contributed by atoms with van der Waals surface area (Å²) >= 11 is 6.34. The molecule has 0 aliphatic rings. The lowest BCUT2D eigenvalue weighted by Gasteiger charge is -2.21. The van der Waals surface area contributed by atoms with Gasteiger partial charge in [0.25, 0.3) is 0 Å². The molecule has 1 aromatic heterocycles. The van der Waals surface area contributed by atoms with Crippen molar-refractivity contribution in [1.29, 1.82) is 0 Å². The summed E-state index contributed by atoms with van der Waals surface area (Å²) in [5.74, 6) is -0.0740. The quantitative estimate of drug-likeness (QED) is 0.250. The van der Waals surface area contributed by atoms with Crippen LogP contribution in [-0.4, -0.2) is 28.3 Å². The normalized spacial score (nSPS) is 12.2. The van der Waals surface area contributed by atoms with E-state index >= 15 is 4.39 Å². The van der Waals surface area contributed by atoms with Gasteiger partial charge in [-0.25, -0.2) is 22.3 Å². The Bertz CT molecular complexity index is 1710. The van der Waals surface area contributed by atoms with Crippen molar-refractivity contribution in [1.82, 2.24) is 19.1 Å². The van der Waals surface area contributed by atoms with Crippen LogP contribution in [0.3, 0.4) is 0 Å². The Labute approximate surface area is 238 Å². The van der Waals surface area contributed by atoms with Gasteiger partial charge in [-0.2, -0.15) is 4.68 Å². The highest BCUT2D eigenvalue weighted by atomic mass is 35.5. The van der Waals surface area contributed by atoms with Crippen LogP contribution in [-0.2, 0) is 23.0 Å². The Morgan fingerprint density at radius 2 is 1.80 bits per heavy atom. The lowest BCUT2D eigenvalue weighted by Crippen LogP contribution is -2.40. The van der Waals surface area contributed by atoms with Crippen LogP contribution in [0.2, 0.25) is 5.02 Å². The fourth-order valence-corrected chi connectivity index (χ4v) is 6.22. The minimum absolute atomic E-state index is 0.0513. The van der Waals surface area contributed by atoms with Gasteiger partial charge >= 0.3 is 5.69 Å². The van der Waals surface area contributed by atoms with E-state index in [1.165, 1.54) is 21.4 Å². The predicted molar refractivity (Wildman–Crippen MR) is 157 cm³/mol. The molecule has 0 spiro atoms. The number of hydrogen-bond donors (Lipinski definition) is 2. The highest BCUT2D eigenvalue weighted by Gasteiger charge is 2.25. The smallest absolute Gasteiger partial charge is 0.351 e. The van der Waals surface area contributed by atoms with Crippen LogP contribution in [0.15, 0.2) is 70.4 Å². The van der Waals surface area contributed by atoms with E-state index in [0.717, 1.165) is 12.8 Å². The van der Waals surface area contributed by atoms with Crippen LogP contribution in [0.25, 0.3) is 16.8 Å². The maximum atomic E-state index is 15.5. The molecule has 0 saturated carbocycles. The second-order valence-electron chi connectivity index (χ2n) is 10.7. The van der Waals surface area contributed by atoms with E-state index in [0.29, 0.717) is 39.8 Å². The summed E-state index contributed by atoms with van der Waals surface area (Å²) in [6.07, 6.45) is 2.19. The summed E-state index contributed by atoms with van der Waals surface area (Å²) in [6.45, 7) is 7.22. The number of aromatic nitrogens is 3. The van der Waals surface area contributed by atoms with E-state index in [1.807, 2.05) is 6.92 Å². The number of nitrogens with two attached hydrogens (primary N) is 1. The van der Waals surface area contributed by atoms with E-state index in [4.69, 9.17) is 17.3 Å². The molecule has 1 heterocycles. The van der Waals surface area contributed by atoms with Crippen LogP contribution >= 0.6 is 11.6 Å². The average molecular weight is 586 g/mol. The van der Waals surface area contributed by atoms with Crippen LogP contribution in [0.1, 0.15) is 51.9 Å². The van der Waals surface area contributed by atoms with E-state index in [1.54, 1.807) is 69.3 Å². The molecule has 0 bridgehead atoms. The number of nitrogens with one attached hydrogen (secondary N) is 1. The van der Waals surface area contributed by atoms with Crippen LogP contribution in [0.4, 0.5) is 10.1 Å². The summed E-state index contributed by atoms with van der Waals surface area (Å²) < 4.78 is 47.0. The SMILES string of the molecule is CCCCc1nn(-c2cc(N)ccc2Cl)c(=O)n1Cc1ccc(-c2ccccc2S(=O)(=O)NC(C)(C)C)cc1F. The van der Waals surface area contributed by atoms with E-state index < -0.39 is 27.1 Å². The van der Waals surface area contributed by atoms with E-state index in [-0.39, 0.29) is 17.0 Å². The molecule has 0 aliphatic heterocycles. The third-order valence-electron chi connectivity index (χ3n) is 6.20. The molecule has 40 heavy (non-hydrogen) atoms. The van der Waals surface area contributed by atoms with Gasteiger partial charge in [-0.1, -0.05) is 55.3 Å². The standard InChI is InChI=1S/C29H33ClFN5O3S/c1-5-6-11-27-33-36(25-17-21(32)14-15-23(25)30)28(37)35(27)18-20-13-12-19(16-24(20)31)22-9-7-8-10-26(22)40(38,39)34-29(2,3)4/h7-10,12-17,34H,5-6,11,18,32H2,1-4H3. The molecule has 0 radical (unpaired) electrons. The lowest BCUT2D eigenvalue weighted by atomic mass is 10.0. The molecule has 0 atom stereocenters. The van der Waals surface area contributed by atoms with Crippen molar-refractivity contribution in [3.05, 3.63) is 93.4 Å². The number of anilines is 1. The minimum Gasteiger partial charge on any atom is -0.399 e. The molecule has 11 heteroatoms. The zero-order valence-corrected chi connectivity index (χ0v) is 24.5. The topological polar surface area (TPSA) is 112 Å². The highest BCUT2D eigenvalue weighted by molar-refractivity contribution is 7.89. The van der Waals surface area contributed by atoms with Gasteiger partial charge < -0.3 is 5.73 Å². The Balaban J connectivity index is 1.74. The number of nitrogens with zero attached hydrogens (tertiary/aromatic N) is 3. The highest BCUT2D eigenvalue weighted by Crippen LogP contribution is 2.30. The maximum absolute atomic E-state index is 15.5. The molecular weight excluding hydrogens is 553 g/mol. The number of sulfonamides is 1. The van der Waals surface area contributed by atoms with Gasteiger partial charge in [0.15, 0.2) is 0 Å². The zero-order valence-electron chi connectivity index (χ0n) is 22.9. The molecule has 0 fully saturated rings. The molecule has 3 N–H and O–H groups in total. The molecule has 3 aromatic carbocycles. The fourth-order valence-electron chi connectivity index (χ4n) is 4.38. The molecule has 4 rings (SSSR count).